The molecule has 0 atom stereocenters. The lowest BCUT2D eigenvalue weighted by atomic mass is 10.0. The van der Waals surface area contributed by atoms with Crippen molar-refractivity contribution in [3.8, 4) is 0 Å². The Balaban J connectivity index is 1.51. The third kappa shape index (κ3) is 9.71. The number of carbonyl (C=O) groups is 1. The highest BCUT2D eigenvalue weighted by Crippen LogP contribution is 2.18. The molecule has 0 unspecified atom stereocenters. The monoisotopic (exact) mass is 712 g/mol. The summed E-state index contributed by atoms with van der Waals surface area (Å²) < 4.78 is 56.3. The van der Waals surface area contributed by atoms with Crippen LogP contribution in [0.3, 0.4) is 0 Å². The summed E-state index contributed by atoms with van der Waals surface area (Å²) in [7, 11) is -1.94. The Bertz CT molecular complexity index is 1800. The lowest BCUT2D eigenvalue weighted by Crippen LogP contribution is -2.34. The maximum atomic E-state index is 13.2. The van der Waals surface area contributed by atoms with Crippen LogP contribution in [0.4, 0.5) is 0 Å². The van der Waals surface area contributed by atoms with E-state index in [1.165, 1.54) is 58.5 Å². The van der Waals surface area contributed by atoms with E-state index in [-0.39, 0.29) is 36.9 Å². The molecule has 49 heavy (non-hydrogen) atoms. The predicted molar refractivity (Wildman–Crippen MR) is 190 cm³/mol. The van der Waals surface area contributed by atoms with E-state index in [1.54, 1.807) is 12.1 Å². The Kier molecular flexibility index (Phi) is 13.0. The van der Waals surface area contributed by atoms with E-state index in [9.17, 15) is 21.6 Å². The van der Waals surface area contributed by atoms with Crippen LogP contribution < -0.4 is 0 Å². The normalized spacial score (nSPS) is 12.5. The lowest BCUT2D eigenvalue weighted by Gasteiger charge is -2.24. The van der Waals surface area contributed by atoms with Crippen molar-refractivity contribution in [1.29, 1.82) is 0 Å². The van der Waals surface area contributed by atoms with Crippen LogP contribution >= 0.6 is 0 Å². The standard InChI is InChI=1S/C34H48N8O5S2/c1-7-19-39(20-8-2)24-29-11-9-28(10-12-29)23-32(43)31-15-13-30(14-16-31)25-40(26-33-35-17-21-41(33)48(44,45)37(3)4)27-34-36-18-22-42(34)49(46,47)38(5)6/h9-18,21-22H,7-8,19-20,23-27H2,1-6H3. The van der Waals surface area contributed by atoms with Crippen LogP contribution in [-0.4, -0.2) is 100 Å². The Morgan fingerprint density at radius 2 is 1.02 bits per heavy atom. The summed E-state index contributed by atoms with van der Waals surface area (Å²) in [5, 5.41) is 0. The largest absolute Gasteiger partial charge is 0.308 e. The maximum absolute atomic E-state index is 13.2. The van der Waals surface area contributed by atoms with Gasteiger partial charge in [0.05, 0.1) is 13.1 Å². The van der Waals surface area contributed by atoms with Crippen molar-refractivity contribution in [2.24, 2.45) is 0 Å². The van der Waals surface area contributed by atoms with Gasteiger partial charge in [0.1, 0.15) is 11.6 Å². The highest BCUT2D eigenvalue weighted by atomic mass is 32.2. The van der Waals surface area contributed by atoms with Crippen molar-refractivity contribution in [3.63, 3.8) is 0 Å². The van der Waals surface area contributed by atoms with Crippen LogP contribution in [0.1, 0.15) is 65.4 Å². The van der Waals surface area contributed by atoms with Crippen LogP contribution in [0, 0.1) is 0 Å². The van der Waals surface area contributed by atoms with Crippen LogP contribution in [-0.2, 0) is 53.0 Å². The second kappa shape index (κ2) is 16.8. The molecule has 0 fully saturated rings. The highest BCUT2D eigenvalue weighted by molar-refractivity contribution is 7.87. The zero-order valence-corrected chi connectivity index (χ0v) is 30.9. The van der Waals surface area contributed by atoms with Gasteiger partial charge in [0.15, 0.2) is 5.78 Å². The Morgan fingerprint density at radius 3 is 1.45 bits per heavy atom. The van der Waals surface area contributed by atoms with Gasteiger partial charge in [-0.3, -0.25) is 14.6 Å². The summed E-state index contributed by atoms with van der Waals surface area (Å²) >= 11 is 0. The van der Waals surface area contributed by atoms with Gasteiger partial charge in [-0.25, -0.2) is 17.9 Å². The van der Waals surface area contributed by atoms with Gasteiger partial charge in [0, 0.05) is 78.1 Å². The molecule has 0 saturated heterocycles. The molecule has 4 rings (SSSR count). The number of imidazole rings is 2. The Morgan fingerprint density at radius 1 is 0.612 bits per heavy atom. The van der Waals surface area contributed by atoms with Gasteiger partial charge in [-0.2, -0.15) is 25.4 Å². The zero-order valence-electron chi connectivity index (χ0n) is 29.2. The molecular formula is C34H48N8O5S2. The molecule has 0 radical (unpaired) electrons. The summed E-state index contributed by atoms with van der Waals surface area (Å²) in [4.78, 5) is 26.1. The van der Waals surface area contributed by atoms with Gasteiger partial charge in [-0.05, 0) is 42.6 Å². The Hall–Kier alpha value is -3.73. The highest BCUT2D eigenvalue weighted by Gasteiger charge is 2.25. The van der Waals surface area contributed by atoms with E-state index < -0.39 is 20.4 Å². The number of carbonyl (C=O) groups excluding carboxylic acids is 1. The molecule has 0 amide bonds. The van der Waals surface area contributed by atoms with E-state index in [2.05, 4.69) is 40.8 Å². The quantitative estimate of drug-likeness (QED) is 0.134. The number of Topliss-reactive ketones (excluding diaryl/α,β-unsaturated/α-hetero) is 1. The van der Waals surface area contributed by atoms with E-state index in [0.29, 0.717) is 12.1 Å². The fourth-order valence-corrected chi connectivity index (χ4v) is 7.33. The minimum Gasteiger partial charge on any atom is -0.299 e. The van der Waals surface area contributed by atoms with Crippen LogP contribution in [0.2, 0.25) is 0 Å². The van der Waals surface area contributed by atoms with E-state index in [1.807, 2.05) is 29.2 Å². The molecule has 0 saturated carbocycles. The summed E-state index contributed by atoms with van der Waals surface area (Å²) in [5.74, 6) is 0.508. The molecule has 2 aromatic carbocycles. The zero-order chi connectivity index (χ0) is 35.8. The first-order valence-electron chi connectivity index (χ1n) is 16.3. The molecule has 266 valence electrons. The number of hydrogen-bond donors (Lipinski definition) is 0. The van der Waals surface area contributed by atoms with Crippen molar-refractivity contribution in [2.45, 2.75) is 59.3 Å². The van der Waals surface area contributed by atoms with Gasteiger partial charge < -0.3 is 0 Å². The first-order chi connectivity index (χ1) is 23.3. The SMILES string of the molecule is CCCN(CCC)Cc1ccc(CC(=O)c2ccc(CN(Cc3nccn3S(=O)(=O)N(C)C)Cc3nccn3S(=O)(=O)N(C)C)cc2)cc1. The first kappa shape index (κ1) is 38.1. The van der Waals surface area contributed by atoms with Crippen molar-refractivity contribution in [2.75, 3.05) is 41.3 Å². The number of aromatic nitrogens is 4. The van der Waals surface area contributed by atoms with Gasteiger partial charge in [-0.15, -0.1) is 0 Å². The first-order valence-corrected chi connectivity index (χ1v) is 19.1. The molecule has 0 aliphatic rings. The van der Waals surface area contributed by atoms with Crippen molar-refractivity contribution in [3.05, 3.63) is 107 Å². The van der Waals surface area contributed by atoms with Gasteiger partial charge in [0.2, 0.25) is 0 Å². The number of nitrogens with zero attached hydrogens (tertiary/aromatic N) is 8. The molecule has 0 aliphatic carbocycles. The minimum absolute atomic E-state index is 0.00147. The fraction of sp³-hybridized carbons (Fsp3) is 0.441. The third-order valence-corrected chi connectivity index (χ3v) is 11.6. The van der Waals surface area contributed by atoms with Gasteiger partial charge in [0.25, 0.3) is 0 Å². The summed E-state index contributed by atoms with van der Waals surface area (Å²) in [6, 6.07) is 15.5. The average Bonchev–Trinajstić information content (AvgIpc) is 3.73. The molecular weight excluding hydrogens is 665 g/mol. The molecule has 13 nitrogen and oxygen atoms in total. The van der Waals surface area contributed by atoms with E-state index in [0.717, 1.165) is 60.2 Å². The molecule has 2 heterocycles. The Labute approximate surface area is 291 Å². The maximum Gasteiger partial charge on any atom is 0.308 e. The fourth-order valence-electron chi connectivity index (χ4n) is 5.47. The smallest absolute Gasteiger partial charge is 0.299 e. The molecule has 15 heteroatoms. The number of ketones is 1. The van der Waals surface area contributed by atoms with Crippen molar-refractivity contribution < 1.29 is 21.6 Å². The molecule has 4 aromatic rings. The minimum atomic E-state index is -3.84. The van der Waals surface area contributed by atoms with Gasteiger partial charge >= 0.3 is 20.4 Å². The van der Waals surface area contributed by atoms with Crippen LogP contribution in [0.15, 0.2) is 73.3 Å². The molecule has 0 spiro atoms. The average molecular weight is 713 g/mol. The van der Waals surface area contributed by atoms with E-state index >= 15 is 0 Å². The summed E-state index contributed by atoms with van der Waals surface area (Å²) in [6.45, 7) is 7.84. The second-order valence-corrected chi connectivity index (χ2v) is 16.4. The van der Waals surface area contributed by atoms with Gasteiger partial charge in [-0.1, -0.05) is 62.4 Å². The topological polar surface area (TPSA) is 134 Å². The third-order valence-electron chi connectivity index (χ3n) is 8.07. The molecule has 0 N–H and O–H groups in total. The molecule has 0 bridgehead atoms. The number of rotatable bonds is 19. The van der Waals surface area contributed by atoms with Crippen LogP contribution in [0.5, 0.6) is 0 Å². The summed E-state index contributed by atoms with van der Waals surface area (Å²) in [6.07, 6.45) is 8.08. The van der Waals surface area contributed by atoms with E-state index in [4.69, 9.17) is 0 Å². The predicted octanol–water partition coefficient (Wildman–Crippen LogP) is 3.64. The van der Waals surface area contributed by atoms with Crippen LogP contribution in [0.25, 0.3) is 0 Å². The van der Waals surface area contributed by atoms with Crippen molar-refractivity contribution >= 4 is 26.2 Å². The molecule has 0 aliphatic heterocycles. The second-order valence-electron chi connectivity index (χ2n) is 12.4. The van der Waals surface area contributed by atoms with Crippen molar-refractivity contribution in [1.82, 2.24) is 36.3 Å². The lowest BCUT2D eigenvalue weighted by molar-refractivity contribution is 0.0993. The molecule has 2 aromatic heterocycles. The number of benzene rings is 2. The number of hydrogen-bond acceptors (Lipinski definition) is 9. The summed E-state index contributed by atoms with van der Waals surface area (Å²) in [5.41, 5.74) is 3.60.